The Morgan fingerprint density at radius 1 is 1.10 bits per heavy atom. The second-order valence-corrected chi connectivity index (χ2v) is 7.59. The Morgan fingerprint density at radius 2 is 1.76 bits per heavy atom. The van der Waals surface area contributed by atoms with E-state index in [9.17, 15) is 9.59 Å². The Bertz CT molecular complexity index is 1030. The Balaban J connectivity index is 1.75. The van der Waals surface area contributed by atoms with Crippen molar-refractivity contribution in [1.82, 2.24) is 14.6 Å². The molecule has 1 N–H and O–H groups in total. The summed E-state index contributed by atoms with van der Waals surface area (Å²) in [6, 6.07) is 7.74. The molecule has 0 fully saturated rings. The monoisotopic (exact) mass is 394 g/mol. The molecule has 2 aromatic heterocycles. The summed E-state index contributed by atoms with van der Waals surface area (Å²) >= 11 is 0. The first-order valence-corrected chi connectivity index (χ1v) is 9.69. The topological polar surface area (TPSA) is 85.6 Å². The molecule has 7 heteroatoms. The van der Waals surface area contributed by atoms with Gasteiger partial charge in [-0.25, -0.2) is 14.3 Å². The standard InChI is InChI=1S/C22H26N4O3/c1-13(2)16-8-6-9-17(14(3)4)20(16)24-18(27)12-29-22(28)19-15(5)25-26-11-7-10-23-21(19)26/h6-11,13-14H,12H2,1-5H3,(H,24,27). The highest BCUT2D eigenvalue weighted by molar-refractivity contribution is 6.00. The average Bonchev–Trinajstić information content (AvgIpc) is 3.01. The van der Waals surface area contributed by atoms with Crippen molar-refractivity contribution in [1.29, 1.82) is 0 Å². The Labute approximate surface area is 170 Å². The molecule has 1 aromatic carbocycles. The minimum Gasteiger partial charge on any atom is -0.452 e. The van der Waals surface area contributed by atoms with E-state index >= 15 is 0 Å². The van der Waals surface area contributed by atoms with Gasteiger partial charge in [-0.3, -0.25) is 4.79 Å². The smallest absolute Gasteiger partial charge is 0.344 e. The Kier molecular flexibility index (Phi) is 5.96. The minimum atomic E-state index is -0.618. The van der Waals surface area contributed by atoms with E-state index in [0.717, 1.165) is 16.8 Å². The van der Waals surface area contributed by atoms with Crippen LogP contribution < -0.4 is 5.32 Å². The highest BCUT2D eigenvalue weighted by Crippen LogP contribution is 2.32. The van der Waals surface area contributed by atoms with E-state index < -0.39 is 5.97 Å². The molecule has 0 aliphatic heterocycles. The van der Waals surface area contributed by atoms with Crippen molar-refractivity contribution in [2.24, 2.45) is 0 Å². The van der Waals surface area contributed by atoms with E-state index in [4.69, 9.17) is 4.74 Å². The van der Waals surface area contributed by atoms with Crippen LogP contribution in [-0.2, 0) is 9.53 Å². The summed E-state index contributed by atoms with van der Waals surface area (Å²) in [5.41, 5.74) is 4.08. The third-order valence-electron chi connectivity index (χ3n) is 4.75. The second kappa shape index (κ2) is 8.43. The predicted octanol–water partition coefficient (Wildman–Crippen LogP) is 4.08. The number of esters is 1. The molecule has 29 heavy (non-hydrogen) atoms. The van der Waals surface area contributed by atoms with E-state index in [0.29, 0.717) is 11.3 Å². The third kappa shape index (κ3) is 4.29. The van der Waals surface area contributed by atoms with E-state index in [2.05, 4.69) is 43.1 Å². The van der Waals surface area contributed by atoms with Gasteiger partial charge in [-0.05, 0) is 36.0 Å². The lowest BCUT2D eigenvalue weighted by atomic mass is 9.92. The first kappa shape index (κ1) is 20.5. The largest absolute Gasteiger partial charge is 0.452 e. The molecule has 0 saturated heterocycles. The second-order valence-electron chi connectivity index (χ2n) is 7.59. The summed E-state index contributed by atoms with van der Waals surface area (Å²) in [5, 5.41) is 7.19. The van der Waals surface area contributed by atoms with Gasteiger partial charge in [0.1, 0.15) is 5.56 Å². The van der Waals surface area contributed by atoms with Crippen LogP contribution in [-0.4, -0.2) is 33.1 Å². The van der Waals surface area contributed by atoms with Gasteiger partial charge >= 0.3 is 5.97 Å². The summed E-state index contributed by atoms with van der Waals surface area (Å²) in [6.07, 6.45) is 3.28. The number of aromatic nitrogens is 3. The number of benzene rings is 1. The molecule has 3 rings (SSSR count). The average molecular weight is 394 g/mol. The van der Waals surface area contributed by atoms with E-state index in [1.807, 2.05) is 18.2 Å². The van der Waals surface area contributed by atoms with Gasteiger partial charge in [-0.1, -0.05) is 45.9 Å². The fourth-order valence-corrected chi connectivity index (χ4v) is 3.31. The maximum Gasteiger partial charge on any atom is 0.344 e. The molecular formula is C22H26N4O3. The van der Waals surface area contributed by atoms with Crippen molar-refractivity contribution in [3.05, 3.63) is 59.0 Å². The lowest BCUT2D eigenvalue weighted by molar-refractivity contribution is -0.119. The van der Waals surface area contributed by atoms with Gasteiger partial charge in [0, 0.05) is 18.1 Å². The van der Waals surface area contributed by atoms with Crippen LogP contribution in [0, 0.1) is 6.92 Å². The molecule has 0 atom stereocenters. The molecule has 7 nitrogen and oxygen atoms in total. The predicted molar refractivity (Wildman–Crippen MR) is 111 cm³/mol. The summed E-state index contributed by atoms with van der Waals surface area (Å²) < 4.78 is 6.78. The van der Waals surface area contributed by atoms with Gasteiger partial charge in [0.05, 0.1) is 5.69 Å². The maximum atomic E-state index is 12.6. The fraction of sp³-hybridized carbons (Fsp3) is 0.364. The van der Waals surface area contributed by atoms with Crippen molar-refractivity contribution in [2.45, 2.75) is 46.5 Å². The number of para-hydroxylation sites is 1. The number of rotatable bonds is 6. The number of nitrogens with zero attached hydrogens (tertiary/aromatic N) is 3. The first-order valence-electron chi connectivity index (χ1n) is 9.69. The van der Waals surface area contributed by atoms with Gasteiger partial charge in [-0.2, -0.15) is 5.10 Å². The SMILES string of the molecule is Cc1nn2cccnc2c1C(=O)OCC(=O)Nc1c(C(C)C)cccc1C(C)C. The minimum absolute atomic E-state index is 0.249. The molecule has 3 aromatic rings. The summed E-state index contributed by atoms with van der Waals surface area (Å²) in [5.74, 6) is -0.499. The molecule has 0 aliphatic carbocycles. The molecular weight excluding hydrogens is 368 g/mol. The molecule has 0 saturated carbocycles. The summed E-state index contributed by atoms with van der Waals surface area (Å²) in [4.78, 5) is 29.3. The quantitative estimate of drug-likeness (QED) is 0.637. The van der Waals surface area contributed by atoms with Crippen LogP contribution in [0.25, 0.3) is 5.65 Å². The van der Waals surface area contributed by atoms with Crippen molar-refractivity contribution >= 4 is 23.2 Å². The molecule has 0 aliphatic rings. The number of ether oxygens (including phenoxy) is 1. The van der Waals surface area contributed by atoms with Crippen LogP contribution in [0.2, 0.25) is 0 Å². The van der Waals surface area contributed by atoms with Crippen molar-refractivity contribution < 1.29 is 14.3 Å². The Morgan fingerprint density at radius 3 is 2.38 bits per heavy atom. The number of hydrogen-bond donors (Lipinski definition) is 1. The summed E-state index contributed by atoms with van der Waals surface area (Å²) in [6.45, 7) is 9.64. The number of nitrogens with one attached hydrogen (secondary N) is 1. The van der Waals surface area contributed by atoms with Gasteiger partial charge < -0.3 is 10.1 Å². The molecule has 1 amide bonds. The zero-order valence-corrected chi connectivity index (χ0v) is 17.4. The summed E-state index contributed by atoms with van der Waals surface area (Å²) in [7, 11) is 0. The molecule has 2 heterocycles. The number of anilines is 1. The van der Waals surface area contributed by atoms with Gasteiger partial charge in [-0.15, -0.1) is 0 Å². The van der Waals surface area contributed by atoms with Crippen molar-refractivity contribution in [2.75, 3.05) is 11.9 Å². The normalized spacial score (nSPS) is 11.3. The molecule has 152 valence electrons. The van der Waals surface area contributed by atoms with Crippen molar-refractivity contribution in [3.8, 4) is 0 Å². The number of carbonyl (C=O) groups excluding carboxylic acids is 2. The van der Waals surface area contributed by atoms with Gasteiger partial charge in [0.25, 0.3) is 5.91 Å². The van der Waals surface area contributed by atoms with Gasteiger partial charge in [0.15, 0.2) is 12.3 Å². The molecule has 0 radical (unpaired) electrons. The van der Waals surface area contributed by atoms with Crippen LogP contribution in [0.3, 0.4) is 0 Å². The van der Waals surface area contributed by atoms with Crippen LogP contribution in [0.5, 0.6) is 0 Å². The van der Waals surface area contributed by atoms with Gasteiger partial charge in [0.2, 0.25) is 0 Å². The number of aryl methyl sites for hydroxylation is 1. The van der Waals surface area contributed by atoms with E-state index in [-0.39, 0.29) is 29.9 Å². The third-order valence-corrected chi connectivity index (χ3v) is 4.75. The zero-order chi connectivity index (χ0) is 21.1. The van der Waals surface area contributed by atoms with E-state index in [1.165, 1.54) is 4.52 Å². The lowest BCUT2D eigenvalue weighted by Crippen LogP contribution is -2.23. The fourth-order valence-electron chi connectivity index (χ4n) is 3.31. The Hall–Kier alpha value is -3.22. The number of hydrogen-bond acceptors (Lipinski definition) is 5. The number of carbonyl (C=O) groups is 2. The van der Waals surface area contributed by atoms with Crippen LogP contribution in [0.4, 0.5) is 5.69 Å². The van der Waals surface area contributed by atoms with Crippen LogP contribution in [0.1, 0.15) is 66.7 Å². The maximum absolute atomic E-state index is 12.6. The van der Waals surface area contributed by atoms with E-state index in [1.54, 1.807) is 25.4 Å². The zero-order valence-electron chi connectivity index (χ0n) is 17.4. The molecule has 0 unspecified atom stereocenters. The number of fused-ring (bicyclic) bond motifs is 1. The van der Waals surface area contributed by atoms with Crippen LogP contribution >= 0.6 is 0 Å². The van der Waals surface area contributed by atoms with Crippen LogP contribution in [0.15, 0.2) is 36.7 Å². The molecule has 0 spiro atoms. The highest BCUT2D eigenvalue weighted by atomic mass is 16.5. The first-order chi connectivity index (χ1) is 13.8. The molecule has 0 bridgehead atoms. The highest BCUT2D eigenvalue weighted by Gasteiger charge is 2.21. The lowest BCUT2D eigenvalue weighted by Gasteiger charge is -2.20. The number of amides is 1. The van der Waals surface area contributed by atoms with Crippen molar-refractivity contribution in [3.63, 3.8) is 0 Å².